The van der Waals surface area contributed by atoms with E-state index >= 15 is 0 Å². The molecule has 6 heteroatoms. The third kappa shape index (κ3) is 16.1. The van der Waals surface area contributed by atoms with Gasteiger partial charge in [0.25, 0.3) is 0 Å². The third-order valence-electron chi connectivity index (χ3n) is 28.1. The molecule has 26 rings (SSSR count). The van der Waals surface area contributed by atoms with Gasteiger partial charge in [-0.1, -0.05) is 401 Å². The number of fused-ring (bicyclic) bond motifs is 12. The molecule has 0 radical (unpaired) electrons. The normalized spacial score (nSPS) is 11.4. The second kappa shape index (κ2) is 36.9. The van der Waals surface area contributed by atoms with Gasteiger partial charge in [0.05, 0.1) is 22.1 Å². The summed E-state index contributed by atoms with van der Waals surface area (Å²) < 4.78 is 13.7. The Morgan fingerprint density at radius 1 is 0.197 bits per heavy atom. The van der Waals surface area contributed by atoms with E-state index in [1.807, 2.05) is 35.6 Å². The van der Waals surface area contributed by atoms with E-state index in [4.69, 9.17) is 4.42 Å². The molecule has 0 saturated carbocycles. The highest BCUT2D eigenvalue weighted by Gasteiger charge is 2.23. The molecular formula is C136H92N4OS. The summed E-state index contributed by atoms with van der Waals surface area (Å²) in [6, 6.07) is 189. The van der Waals surface area contributed by atoms with Gasteiger partial charge in [0.1, 0.15) is 11.2 Å². The number of hydrogen-bond donors (Lipinski definition) is 0. The van der Waals surface area contributed by atoms with Crippen molar-refractivity contribution in [1.82, 2.24) is 9.13 Å². The summed E-state index contributed by atoms with van der Waals surface area (Å²) in [5, 5.41) is 9.87. The predicted molar refractivity (Wildman–Crippen MR) is 606 cm³/mol. The van der Waals surface area contributed by atoms with Gasteiger partial charge in [-0.05, 0) is 262 Å². The first kappa shape index (κ1) is 85.2. The van der Waals surface area contributed by atoms with Gasteiger partial charge in [-0.3, -0.25) is 0 Å². The van der Waals surface area contributed by atoms with Gasteiger partial charge in [-0.2, -0.15) is 0 Å². The number of aromatic nitrogens is 2. The summed E-state index contributed by atoms with van der Waals surface area (Å²) in [6.45, 7) is 7.88. The van der Waals surface area contributed by atoms with Crippen LogP contribution in [0.2, 0.25) is 0 Å². The average molecular weight is 1830 g/mol. The number of thiophene rings is 1. The van der Waals surface area contributed by atoms with Crippen molar-refractivity contribution in [3.05, 3.63) is 546 Å². The highest BCUT2D eigenvalue weighted by Crippen LogP contribution is 2.47. The zero-order chi connectivity index (χ0) is 94.5. The van der Waals surface area contributed by atoms with Crippen molar-refractivity contribution in [2.75, 3.05) is 9.80 Å². The van der Waals surface area contributed by atoms with Gasteiger partial charge >= 0.3 is 0 Å². The molecule has 0 aliphatic carbocycles. The van der Waals surface area contributed by atoms with Crippen molar-refractivity contribution in [3.8, 4) is 123 Å². The van der Waals surface area contributed by atoms with E-state index in [9.17, 15) is 0 Å². The van der Waals surface area contributed by atoms with E-state index in [0.29, 0.717) is 0 Å². The van der Waals surface area contributed by atoms with E-state index in [1.54, 1.807) is 0 Å². The van der Waals surface area contributed by atoms with Gasteiger partial charge in [-0.25, -0.2) is 0 Å². The standard InChI is InChI=1S/C68H46N2O.C68H46N2S/c1-2-46-19-36-59(37-20-46)70-65-17-8-6-13-61(65)64-45-55(35-44-66(64)70)53-23-21-48(22-24-53)51-31-40-57(41-32-51)69(56-38-29-50(30-39-56)47-11-4-3-5-12-47)58-42-33-52(34-43-58)49-25-27-54(28-26-49)60-15-10-16-63-62-14-7-9-18-67(62)71-68(60)63;1-2-46-19-36-59(37-20-46)70-65-17-8-6-13-61(65)64-45-55(35-44-66(64)70)53-27-25-50(26-28-53)52-31-40-57(41-32-52)69(56-38-29-51(30-39-56)49-23-21-48(22-24-49)47-11-4-3-5-12-47)58-42-33-54(34-43-58)60-15-10-16-63-62-14-7-9-18-67(62)71-68(60)63/h2*2-45H,1H2. The lowest BCUT2D eigenvalue weighted by molar-refractivity contribution is 0.670. The maximum Gasteiger partial charge on any atom is 0.143 e. The second-order valence-corrected chi connectivity index (χ2v) is 37.4. The molecule has 5 nitrogen and oxygen atoms in total. The quantitative estimate of drug-likeness (QED) is 0.0762. The predicted octanol–water partition coefficient (Wildman–Crippen LogP) is 38.7. The van der Waals surface area contributed by atoms with E-state index in [0.717, 1.165) is 106 Å². The van der Waals surface area contributed by atoms with Crippen LogP contribution in [-0.4, -0.2) is 9.13 Å². The summed E-state index contributed by atoms with van der Waals surface area (Å²) in [4.78, 5) is 4.70. The molecule has 142 heavy (non-hydrogen) atoms. The Morgan fingerprint density at radius 2 is 0.472 bits per heavy atom. The zero-order valence-corrected chi connectivity index (χ0v) is 78.6. The number of furan rings is 1. The van der Waals surface area contributed by atoms with E-state index in [1.165, 1.54) is 147 Å². The average Bonchev–Trinajstić information content (AvgIpc) is 1.59. The summed E-state index contributed by atoms with van der Waals surface area (Å²) in [5.74, 6) is 0. The maximum absolute atomic E-state index is 6.37. The highest BCUT2D eigenvalue weighted by atomic mass is 32.1. The zero-order valence-electron chi connectivity index (χ0n) is 77.8. The van der Waals surface area contributed by atoms with E-state index in [2.05, 4.69) is 542 Å². The molecule has 0 atom stereocenters. The van der Waals surface area contributed by atoms with Crippen LogP contribution in [-0.2, 0) is 0 Å². The molecule has 4 heterocycles. The Balaban J connectivity index is 0.000000149. The van der Waals surface area contributed by atoms with Crippen LogP contribution in [0.3, 0.4) is 0 Å². The molecule has 22 aromatic carbocycles. The highest BCUT2D eigenvalue weighted by molar-refractivity contribution is 7.26. The topological polar surface area (TPSA) is 29.5 Å². The van der Waals surface area contributed by atoms with Crippen LogP contribution in [0.15, 0.2) is 539 Å². The van der Waals surface area contributed by atoms with Gasteiger partial charge in [-0.15, -0.1) is 11.3 Å². The first-order valence-corrected chi connectivity index (χ1v) is 49.2. The second-order valence-electron chi connectivity index (χ2n) is 36.3. The molecule has 0 bridgehead atoms. The molecule has 0 N–H and O–H groups in total. The third-order valence-corrected chi connectivity index (χ3v) is 29.3. The van der Waals surface area contributed by atoms with E-state index < -0.39 is 0 Å². The van der Waals surface area contributed by atoms with Crippen molar-refractivity contribution in [1.29, 1.82) is 0 Å². The number of anilines is 6. The van der Waals surface area contributed by atoms with Crippen LogP contribution in [0, 0.1) is 0 Å². The first-order valence-electron chi connectivity index (χ1n) is 48.3. The molecule has 26 aromatic rings. The molecule has 0 fully saturated rings. The summed E-state index contributed by atoms with van der Waals surface area (Å²) >= 11 is 1.87. The molecule has 0 aliphatic heterocycles. The van der Waals surface area contributed by atoms with Crippen molar-refractivity contribution >= 4 is 143 Å². The Morgan fingerprint density at radius 3 is 0.859 bits per heavy atom. The SMILES string of the molecule is C=Cc1ccc(-n2c3ccccc3c3cc(-c4ccc(-c5ccc(N(c6ccc(-c7ccc(-c8ccccc8)cc7)cc6)c6ccc(-c7cccc8c7sc7ccccc78)cc6)cc5)cc4)ccc32)cc1.C=Cc1ccc(-n2c3ccccc3c3cc(-c4ccc(-c5ccc(N(c6ccc(-c7ccccc7)cc6)c6ccc(-c7ccc(-c8cccc9c8oc8ccccc89)cc7)cc6)cc5)cc4)ccc32)cc1. The summed E-state index contributed by atoms with van der Waals surface area (Å²) in [6.07, 6.45) is 3.77. The maximum atomic E-state index is 6.37. The fraction of sp³-hybridized carbons (Fsp3) is 0. The van der Waals surface area contributed by atoms with Gasteiger partial charge in [0.15, 0.2) is 0 Å². The summed E-state index contributed by atoms with van der Waals surface area (Å²) in [7, 11) is 0. The van der Waals surface area contributed by atoms with Crippen LogP contribution >= 0.6 is 11.3 Å². The van der Waals surface area contributed by atoms with E-state index in [-0.39, 0.29) is 0 Å². The smallest absolute Gasteiger partial charge is 0.143 e. The lowest BCUT2D eigenvalue weighted by Crippen LogP contribution is -2.09. The van der Waals surface area contributed by atoms with Gasteiger partial charge in [0, 0.05) is 104 Å². The molecule has 0 spiro atoms. The molecular weight excluding hydrogens is 1740 g/mol. The van der Waals surface area contributed by atoms with Crippen LogP contribution in [0.5, 0.6) is 0 Å². The molecule has 4 aromatic heterocycles. The van der Waals surface area contributed by atoms with Crippen molar-refractivity contribution in [2.45, 2.75) is 0 Å². The van der Waals surface area contributed by atoms with Crippen molar-refractivity contribution < 1.29 is 4.42 Å². The fourth-order valence-electron chi connectivity index (χ4n) is 20.7. The number of benzene rings is 22. The molecule has 0 saturated heterocycles. The van der Waals surface area contributed by atoms with Crippen LogP contribution < -0.4 is 9.80 Å². The molecule has 0 aliphatic rings. The van der Waals surface area contributed by atoms with Crippen LogP contribution in [0.1, 0.15) is 11.1 Å². The number of hydrogen-bond acceptors (Lipinski definition) is 4. The Hall–Kier alpha value is -18.5. The minimum atomic E-state index is 0.910. The lowest BCUT2D eigenvalue weighted by Gasteiger charge is -2.26. The Kier molecular flexibility index (Phi) is 22.1. The fourth-order valence-corrected chi connectivity index (χ4v) is 21.9. The Labute approximate surface area is 829 Å². The minimum Gasteiger partial charge on any atom is -0.455 e. The largest absolute Gasteiger partial charge is 0.455 e. The van der Waals surface area contributed by atoms with Crippen molar-refractivity contribution in [3.63, 3.8) is 0 Å². The number of rotatable bonds is 20. The molecule has 0 unspecified atom stereocenters. The summed E-state index contributed by atoms with van der Waals surface area (Å²) in [5.41, 5.74) is 41.3. The van der Waals surface area contributed by atoms with Crippen LogP contribution in [0.4, 0.5) is 34.1 Å². The van der Waals surface area contributed by atoms with Crippen LogP contribution in [0.25, 0.3) is 221 Å². The Bertz CT molecular complexity index is 9180. The number of nitrogens with zero attached hydrogens (tertiary/aromatic N) is 4. The monoisotopic (exact) mass is 1830 g/mol. The lowest BCUT2D eigenvalue weighted by atomic mass is 9.98. The number of para-hydroxylation sites is 4. The minimum absolute atomic E-state index is 0.910. The van der Waals surface area contributed by atoms with Crippen molar-refractivity contribution in [2.24, 2.45) is 0 Å². The van der Waals surface area contributed by atoms with Gasteiger partial charge in [0.2, 0.25) is 0 Å². The van der Waals surface area contributed by atoms with Gasteiger partial charge < -0.3 is 23.4 Å². The molecule has 668 valence electrons. The first-order chi connectivity index (χ1) is 70.3. The molecule has 0 amide bonds.